The van der Waals surface area contributed by atoms with Crippen LogP contribution in [-0.4, -0.2) is 41.9 Å². The molecule has 2 fully saturated rings. The Morgan fingerprint density at radius 2 is 1.91 bits per heavy atom. The molecule has 170 valence electrons. The molecule has 2 aliphatic carbocycles. The first-order valence-corrected chi connectivity index (χ1v) is 11.9. The van der Waals surface area contributed by atoms with Gasteiger partial charge < -0.3 is 26.2 Å². The van der Waals surface area contributed by atoms with Crippen molar-refractivity contribution in [2.45, 2.75) is 49.9 Å². The molecule has 2 aliphatic rings. The number of anilines is 2. The van der Waals surface area contributed by atoms with Crippen molar-refractivity contribution in [3.63, 3.8) is 0 Å². The predicted molar refractivity (Wildman–Crippen MR) is 130 cm³/mol. The van der Waals surface area contributed by atoms with E-state index in [4.69, 9.17) is 11.5 Å². The first kappa shape index (κ1) is 20.8. The highest BCUT2D eigenvalue weighted by Crippen LogP contribution is 2.58. The van der Waals surface area contributed by atoms with Gasteiger partial charge >= 0.3 is 0 Å². The van der Waals surface area contributed by atoms with Gasteiger partial charge in [0.1, 0.15) is 29.7 Å². The zero-order valence-corrected chi connectivity index (χ0v) is 19.5. The van der Waals surface area contributed by atoms with Gasteiger partial charge in [0.25, 0.3) is 0 Å². The van der Waals surface area contributed by atoms with E-state index in [1.807, 2.05) is 22.9 Å². The molecule has 8 nitrogen and oxygen atoms in total. The molecule has 3 aromatic heterocycles. The molecule has 0 amide bonds. The Morgan fingerprint density at radius 3 is 2.76 bits per heavy atom. The second kappa shape index (κ2) is 7.38. The molecule has 4 aromatic rings. The molecule has 33 heavy (non-hydrogen) atoms. The van der Waals surface area contributed by atoms with Crippen LogP contribution in [0, 0.1) is 5.41 Å². The highest BCUT2D eigenvalue weighted by atomic mass is 79.9. The van der Waals surface area contributed by atoms with Crippen molar-refractivity contribution in [1.29, 1.82) is 0 Å². The number of benzene rings is 1. The maximum atomic E-state index is 11.2. The minimum atomic E-state index is -0.869. The molecule has 0 bridgehead atoms. The molecule has 3 heterocycles. The topological polar surface area (TPSA) is 136 Å². The highest BCUT2D eigenvalue weighted by molar-refractivity contribution is 9.10. The summed E-state index contributed by atoms with van der Waals surface area (Å²) in [6.07, 6.45) is 4.97. The summed E-state index contributed by atoms with van der Waals surface area (Å²) in [6, 6.07) is 9.92. The quantitative estimate of drug-likeness (QED) is 0.325. The SMILES string of the molecule is Nc1nc2cc(C3CCC4(C3)CC(n3ccc5c(N)ncnc53)C(O)C4O)ccc2cc1Br. The minimum absolute atomic E-state index is 0.263. The van der Waals surface area contributed by atoms with Crippen LogP contribution < -0.4 is 11.5 Å². The Bertz CT molecular complexity index is 1390. The molecular formula is C24H25BrN6O2. The van der Waals surface area contributed by atoms with Gasteiger partial charge in [-0.15, -0.1) is 0 Å². The number of aliphatic hydroxyl groups is 2. The normalized spacial score (nSPS) is 29.5. The summed E-state index contributed by atoms with van der Waals surface area (Å²) >= 11 is 3.44. The summed E-state index contributed by atoms with van der Waals surface area (Å²) in [5.74, 6) is 1.18. The molecule has 2 saturated carbocycles. The minimum Gasteiger partial charge on any atom is -0.390 e. The van der Waals surface area contributed by atoms with Gasteiger partial charge in [-0.3, -0.25) is 0 Å². The van der Waals surface area contributed by atoms with E-state index in [2.05, 4.69) is 49.1 Å². The van der Waals surface area contributed by atoms with Crippen LogP contribution in [0.1, 0.15) is 43.2 Å². The van der Waals surface area contributed by atoms with E-state index in [0.717, 1.165) is 40.0 Å². The summed E-state index contributed by atoms with van der Waals surface area (Å²) in [5.41, 5.74) is 14.4. The first-order chi connectivity index (χ1) is 15.9. The third kappa shape index (κ3) is 3.13. The Morgan fingerprint density at radius 1 is 1.06 bits per heavy atom. The molecule has 5 unspecified atom stereocenters. The molecule has 1 spiro atoms. The third-order valence-corrected chi connectivity index (χ3v) is 8.43. The number of nitrogens with zero attached hydrogens (tertiary/aromatic N) is 4. The van der Waals surface area contributed by atoms with Crippen LogP contribution in [0.3, 0.4) is 0 Å². The number of aliphatic hydroxyl groups excluding tert-OH is 2. The van der Waals surface area contributed by atoms with Crippen molar-refractivity contribution in [2.75, 3.05) is 11.5 Å². The Kier molecular flexibility index (Phi) is 4.66. The number of nitrogen functional groups attached to an aromatic ring is 2. The molecule has 0 radical (unpaired) electrons. The molecule has 1 aromatic carbocycles. The number of aromatic nitrogens is 4. The summed E-state index contributed by atoms with van der Waals surface area (Å²) in [4.78, 5) is 13.0. The molecule has 0 aliphatic heterocycles. The maximum absolute atomic E-state index is 11.2. The Hall–Kier alpha value is -2.75. The molecule has 9 heteroatoms. The number of pyridine rings is 1. The van der Waals surface area contributed by atoms with Gasteiger partial charge in [-0.25, -0.2) is 15.0 Å². The lowest BCUT2D eigenvalue weighted by molar-refractivity contribution is -0.0260. The van der Waals surface area contributed by atoms with Crippen LogP contribution in [-0.2, 0) is 0 Å². The standard InChI is InChI=1S/C24H25BrN6O2/c25-16-7-13-2-1-12(8-17(13)30-22(16)27)14-3-5-24(9-14)10-18(19(32)20(24)33)31-6-4-15-21(26)28-11-29-23(15)31/h1-2,4,6-8,11,14,18-20,32-33H,3,5,9-10H2,(H2,27,30)(H2,26,28,29). The number of fused-ring (bicyclic) bond motifs is 2. The molecule has 6 rings (SSSR count). The lowest BCUT2D eigenvalue weighted by Gasteiger charge is -2.28. The maximum Gasteiger partial charge on any atom is 0.145 e. The van der Waals surface area contributed by atoms with Crippen LogP contribution in [0.15, 0.2) is 47.3 Å². The van der Waals surface area contributed by atoms with Gasteiger partial charge in [0.05, 0.1) is 27.5 Å². The lowest BCUT2D eigenvalue weighted by Crippen LogP contribution is -2.35. The zero-order chi connectivity index (χ0) is 22.9. The zero-order valence-electron chi connectivity index (χ0n) is 17.9. The van der Waals surface area contributed by atoms with E-state index in [1.54, 1.807) is 0 Å². The Balaban J connectivity index is 1.30. The fourth-order valence-corrected chi connectivity index (χ4v) is 6.41. The van der Waals surface area contributed by atoms with Crippen molar-refractivity contribution in [3.8, 4) is 0 Å². The van der Waals surface area contributed by atoms with E-state index in [-0.39, 0.29) is 11.5 Å². The number of hydrogen-bond donors (Lipinski definition) is 4. The van der Waals surface area contributed by atoms with E-state index in [0.29, 0.717) is 29.6 Å². The fraction of sp³-hybridized carbons (Fsp3) is 0.375. The summed E-state index contributed by atoms with van der Waals surface area (Å²) in [6.45, 7) is 0. The van der Waals surface area contributed by atoms with Crippen molar-refractivity contribution in [2.24, 2.45) is 5.41 Å². The van der Waals surface area contributed by atoms with Gasteiger partial charge in [-0.05, 0) is 71.3 Å². The monoisotopic (exact) mass is 508 g/mol. The van der Waals surface area contributed by atoms with E-state index >= 15 is 0 Å². The first-order valence-electron chi connectivity index (χ1n) is 11.2. The Labute approximate surface area is 198 Å². The van der Waals surface area contributed by atoms with Gasteiger partial charge in [0.2, 0.25) is 0 Å². The van der Waals surface area contributed by atoms with Gasteiger partial charge in [-0.2, -0.15) is 0 Å². The highest BCUT2D eigenvalue weighted by Gasteiger charge is 2.56. The summed E-state index contributed by atoms with van der Waals surface area (Å²) < 4.78 is 2.74. The van der Waals surface area contributed by atoms with Crippen molar-refractivity contribution in [1.82, 2.24) is 19.5 Å². The molecule has 5 atom stereocenters. The summed E-state index contributed by atoms with van der Waals surface area (Å²) in [5, 5.41) is 24.1. The van der Waals surface area contributed by atoms with Crippen molar-refractivity contribution < 1.29 is 10.2 Å². The third-order valence-electron chi connectivity index (χ3n) is 7.80. The van der Waals surface area contributed by atoms with E-state index in [1.165, 1.54) is 11.9 Å². The van der Waals surface area contributed by atoms with Gasteiger partial charge in [0, 0.05) is 17.0 Å². The van der Waals surface area contributed by atoms with Crippen LogP contribution in [0.4, 0.5) is 11.6 Å². The number of halogens is 1. The van der Waals surface area contributed by atoms with Crippen molar-refractivity contribution in [3.05, 3.63) is 52.9 Å². The second-order valence-corrected chi connectivity index (χ2v) is 10.4. The number of rotatable bonds is 2. The predicted octanol–water partition coefficient (Wildman–Crippen LogP) is 3.53. The van der Waals surface area contributed by atoms with Crippen LogP contribution in [0.5, 0.6) is 0 Å². The summed E-state index contributed by atoms with van der Waals surface area (Å²) in [7, 11) is 0. The number of nitrogens with two attached hydrogens (primary N) is 2. The molecule has 6 N–H and O–H groups in total. The van der Waals surface area contributed by atoms with Crippen LogP contribution in [0.2, 0.25) is 0 Å². The largest absolute Gasteiger partial charge is 0.390 e. The average molecular weight is 509 g/mol. The van der Waals surface area contributed by atoms with E-state index in [9.17, 15) is 10.2 Å². The lowest BCUT2D eigenvalue weighted by atomic mass is 9.80. The van der Waals surface area contributed by atoms with Crippen LogP contribution >= 0.6 is 15.9 Å². The second-order valence-electron chi connectivity index (χ2n) is 9.54. The molecular weight excluding hydrogens is 484 g/mol. The molecule has 0 saturated heterocycles. The smallest absolute Gasteiger partial charge is 0.145 e. The van der Waals surface area contributed by atoms with Crippen LogP contribution in [0.25, 0.3) is 21.9 Å². The van der Waals surface area contributed by atoms with Gasteiger partial charge in [-0.1, -0.05) is 12.1 Å². The number of hydrogen-bond acceptors (Lipinski definition) is 7. The average Bonchev–Trinajstić information content (AvgIpc) is 3.48. The van der Waals surface area contributed by atoms with E-state index < -0.39 is 12.2 Å². The van der Waals surface area contributed by atoms with Gasteiger partial charge in [0.15, 0.2) is 0 Å². The fourth-order valence-electron chi connectivity index (χ4n) is 6.07. The van der Waals surface area contributed by atoms with Crippen molar-refractivity contribution >= 4 is 49.5 Å².